The Balaban J connectivity index is 1.65. The number of hydrogen-bond acceptors (Lipinski definition) is 9. The summed E-state index contributed by atoms with van der Waals surface area (Å²) in [6, 6.07) is 0. The minimum absolute atomic E-state index is 0.0553. The van der Waals surface area contributed by atoms with Gasteiger partial charge in [-0.15, -0.1) is 0 Å². The Hall–Kier alpha value is -2.82. The number of sulfonamides is 2. The molecular weight excluding hydrogens is 628 g/mol. The van der Waals surface area contributed by atoms with Crippen molar-refractivity contribution in [3.8, 4) is 11.5 Å². The zero-order valence-electron chi connectivity index (χ0n) is 20.3. The van der Waals surface area contributed by atoms with Crippen molar-refractivity contribution in [2.75, 3.05) is 52.9 Å². The highest BCUT2D eigenvalue weighted by Gasteiger charge is 2.33. The van der Waals surface area contributed by atoms with E-state index in [2.05, 4.69) is 19.8 Å². The lowest BCUT2D eigenvalue weighted by Gasteiger charge is -2.12. The van der Waals surface area contributed by atoms with Crippen LogP contribution in [0.2, 0.25) is 0 Å². The highest BCUT2D eigenvalue weighted by Crippen LogP contribution is 2.33. The van der Waals surface area contributed by atoms with Gasteiger partial charge in [0.15, 0.2) is 44.6 Å². The van der Waals surface area contributed by atoms with Crippen LogP contribution in [0.1, 0.15) is 0 Å². The van der Waals surface area contributed by atoms with Crippen molar-refractivity contribution < 1.29 is 75.6 Å². The molecule has 0 aliphatic rings. The van der Waals surface area contributed by atoms with Crippen LogP contribution in [-0.4, -0.2) is 69.7 Å². The van der Waals surface area contributed by atoms with Crippen LogP contribution in [-0.2, 0) is 34.3 Å². The summed E-state index contributed by atoms with van der Waals surface area (Å²) in [4.78, 5) is -3.98. The quantitative estimate of drug-likeness (QED) is 0.156. The number of hydrogen-bond donors (Lipinski definition) is 2. The average Bonchev–Trinajstić information content (AvgIpc) is 2.86. The van der Waals surface area contributed by atoms with E-state index in [0.29, 0.717) is 0 Å². The Morgan fingerprint density at radius 2 is 0.634 bits per heavy atom. The Kier molecular flexibility index (Phi) is 12.1. The predicted molar refractivity (Wildman–Crippen MR) is 119 cm³/mol. The summed E-state index contributed by atoms with van der Waals surface area (Å²) in [6.07, 6.45) is 0. The molecule has 2 aromatic rings. The van der Waals surface area contributed by atoms with Crippen molar-refractivity contribution in [2.24, 2.45) is 10.3 Å². The summed E-state index contributed by atoms with van der Waals surface area (Å²) in [5, 5.41) is 9.06. The fraction of sp³-hybridized carbons (Fsp3) is 0.400. The molecule has 2 rings (SSSR count). The molecule has 41 heavy (non-hydrogen) atoms. The summed E-state index contributed by atoms with van der Waals surface area (Å²) >= 11 is 0. The second-order valence-electron chi connectivity index (χ2n) is 7.45. The standard InChI is InChI=1S/C20H20F8N2O9S2/c21-9-13(25)19(40(29,31)32)14(26)10(22)17(9)38-7-5-36-3-1-35-2-4-37-6-8-39-18-11(23)15(27)20(41(30,33)34)16(28)12(18)24/h1-8H2,(H2,29,31,32)(H2,30,33,34). The van der Waals surface area contributed by atoms with Crippen molar-refractivity contribution in [3.05, 3.63) is 46.5 Å². The molecule has 0 saturated carbocycles. The fourth-order valence-electron chi connectivity index (χ4n) is 2.88. The van der Waals surface area contributed by atoms with E-state index in [0.717, 1.165) is 0 Å². The van der Waals surface area contributed by atoms with E-state index in [1.807, 2.05) is 0 Å². The molecule has 232 valence electrons. The van der Waals surface area contributed by atoms with Gasteiger partial charge in [-0.25, -0.2) is 44.7 Å². The topological polar surface area (TPSA) is 166 Å². The van der Waals surface area contributed by atoms with Crippen LogP contribution < -0.4 is 19.8 Å². The molecule has 0 aliphatic heterocycles. The zero-order valence-corrected chi connectivity index (χ0v) is 22.0. The molecule has 0 heterocycles. The maximum atomic E-state index is 13.9. The third kappa shape index (κ3) is 8.59. The van der Waals surface area contributed by atoms with Gasteiger partial charge < -0.3 is 23.7 Å². The van der Waals surface area contributed by atoms with Crippen LogP contribution in [0.4, 0.5) is 35.1 Å². The van der Waals surface area contributed by atoms with Crippen LogP contribution in [0.25, 0.3) is 0 Å². The van der Waals surface area contributed by atoms with Crippen LogP contribution >= 0.6 is 0 Å². The maximum absolute atomic E-state index is 13.9. The van der Waals surface area contributed by atoms with Gasteiger partial charge in [-0.05, 0) is 0 Å². The van der Waals surface area contributed by atoms with E-state index >= 15 is 0 Å². The van der Waals surface area contributed by atoms with Crippen molar-refractivity contribution in [2.45, 2.75) is 9.79 Å². The van der Waals surface area contributed by atoms with Gasteiger partial charge in [0.1, 0.15) is 13.2 Å². The van der Waals surface area contributed by atoms with Gasteiger partial charge in [0.05, 0.1) is 39.6 Å². The van der Waals surface area contributed by atoms with Crippen molar-refractivity contribution >= 4 is 20.0 Å². The molecule has 0 spiro atoms. The number of benzene rings is 2. The molecule has 2 aromatic carbocycles. The minimum atomic E-state index is -5.11. The molecule has 0 radical (unpaired) electrons. The SMILES string of the molecule is NS(=O)(=O)c1c(F)c(F)c(OCCOCCOCCOCCOc2c(F)c(F)c(S(N)(=O)=O)c(F)c2F)c(F)c1F. The first kappa shape index (κ1) is 34.4. The molecule has 4 N–H and O–H groups in total. The number of rotatable bonds is 16. The number of primary sulfonamides is 2. The fourth-order valence-corrected chi connectivity index (χ4v) is 4.24. The molecule has 0 aromatic heterocycles. The van der Waals surface area contributed by atoms with Gasteiger partial charge in [0, 0.05) is 0 Å². The molecule has 0 saturated heterocycles. The summed E-state index contributed by atoms with van der Waals surface area (Å²) < 4.78 is 179. The number of nitrogens with two attached hydrogens (primary N) is 2. The first-order chi connectivity index (χ1) is 19.0. The molecule has 0 fully saturated rings. The van der Waals surface area contributed by atoms with Crippen molar-refractivity contribution in [1.29, 1.82) is 0 Å². The van der Waals surface area contributed by atoms with Gasteiger partial charge in [-0.1, -0.05) is 0 Å². The third-order valence-corrected chi connectivity index (χ3v) is 6.48. The summed E-state index contributed by atoms with van der Waals surface area (Å²) in [7, 11) is -10.2. The lowest BCUT2D eigenvalue weighted by atomic mass is 10.3. The number of halogens is 8. The van der Waals surface area contributed by atoms with Crippen molar-refractivity contribution in [1.82, 2.24) is 0 Å². The minimum Gasteiger partial charge on any atom is -0.485 e. The average molecular weight is 649 g/mol. The monoisotopic (exact) mass is 648 g/mol. The highest BCUT2D eigenvalue weighted by atomic mass is 32.2. The molecule has 21 heteroatoms. The largest absolute Gasteiger partial charge is 0.485 e. The van der Waals surface area contributed by atoms with E-state index in [9.17, 15) is 52.0 Å². The van der Waals surface area contributed by atoms with E-state index in [1.165, 1.54) is 0 Å². The summed E-state index contributed by atoms with van der Waals surface area (Å²) in [5.74, 6) is -20.5. The summed E-state index contributed by atoms with van der Waals surface area (Å²) in [5.41, 5.74) is 0. The molecule has 0 unspecified atom stereocenters. The van der Waals surface area contributed by atoms with Crippen LogP contribution in [0.5, 0.6) is 11.5 Å². The van der Waals surface area contributed by atoms with Crippen LogP contribution in [0.15, 0.2) is 9.79 Å². The second-order valence-corrected chi connectivity index (χ2v) is 10.4. The predicted octanol–water partition coefficient (Wildman–Crippen LogP) is 1.60. The van der Waals surface area contributed by atoms with E-state index in [4.69, 9.17) is 14.2 Å². The Morgan fingerprint density at radius 3 is 0.854 bits per heavy atom. The molecule has 0 amide bonds. The van der Waals surface area contributed by atoms with E-state index in [1.54, 1.807) is 0 Å². The molecule has 0 atom stereocenters. The second kappa shape index (κ2) is 14.4. The maximum Gasteiger partial charge on any atom is 0.244 e. The van der Waals surface area contributed by atoms with Gasteiger partial charge in [0.25, 0.3) is 0 Å². The molecule has 0 bridgehead atoms. The van der Waals surface area contributed by atoms with Gasteiger partial charge in [-0.2, -0.15) is 17.6 Å². The van der Waals surface area contributed by atoms with E-state index < -0.39 is 101 Å². The smallest absolute Gasteiger partial charge is 0.244 e. The lowest BCUT2D eigenvalue weighted by molar-refractivity contribution is 0.00416. The third-order valence-electron chi connectivity index (χ3n) is 4.63. The van der Waals surface area contributed by atoms with Gasteiger partial charge in [0.2, 0.25) is 43.3 Å². The van der Waals surface area contributed by atoms with Crippen LogP contribution in [0.3, 0.4) is 0 Å². The molecular formula is C20H20F8N2O9S2. The Bertz CT molecular complexity index is 1310. The van der Waals surface area contributed by atoms with Gasteiger partial charge >= 0.3 is 0 Å². The highest BCUT2D eigenvalue weighted by molar-refractivity contribution is 7.89. The lowest BCUT2D eigenvalue weighted by Crippen LogP contribution is -2.20. The van der Waals surface area contributed by atoms with E-state index in [-0.39, 0.29) is 39.6 Å². The van der Waals surface area contributed by atoms with Gasteiger partial charge in [-0.3, -0.25) is 0 Å². The molecule has 0 aliphatic carbocycles. The zero-order chi connectivity index (χ0) is 31.1. The molecule has 11 nitrogen and oxygen atoms in total. The normalized spacial score (nSPS) is 12.1. The summed E-state index contributed by atoms with van der Waals surface area (Å²) in [6.45, 7) is -2.22. The first-order valence-corrected chi connectivity index (χ1v) is 13.9. The van der Waals surface area contributed by atoms with Crippen molar-refractivity contribution in [3.63, 3.8) is 0 Å². The Morgan fingerprint density at radius 1 is 0.415 bits per heavy atom. The first-order valence-electron chi connectivity index (χ1n) is 10.8. The Labute approximate surface area is 227 Å². The van der Waals surface area contributed by atoms with Crippen LogP contribution in [0, 0.1) is 46.5 Å². The number of ether oxygens (including phenoxy) is 5.